The fraction of sp³-hybridized carbons (Fsp3) is 0.889. The van der Waals surface area contributed by atoms with Crippen molar-refractivity contribution < 1.29 is 9.59 Å². The monoisotopic (exact) mass is 448 g/mol. The lowest BCUT2D eigenvalue weighted by atomic mass is 10.1. The van der Waals surface area contributed by atoms with E-state index in [1.807, 2.05) is 23.5 Å². The van der Waals surface area contributed by atoms with Gasteiger partial charge >= 0.3 is 0 Å². The highest BCUT2D eigenvalue weighted by Gasteiger charge is 1.99. The molecule has 26 heavy (non-hydrogen) atoms. The Labute approximate surface area is 180 Å². The molecular formula is C18H38Cl2N2O2S2. The van der Waals surface area contributed by atoms with Gasteiger partial charge in [-0.2, -0.15) is 23.5 Å². The van der Waals surface area contributed by atoms with E-state index in [0.29, 0.717) is 12.8 Å². The Balaban J connectivity index is -0.00000264. The highest BCUT2D eigenvalue weighted by molar-refractivity contribution is 7.99. The quantitative estimate of drug-likeness (QED) is 0.287. The molecule has 0 bridgehead atoms. The highest BCUT2D eigenvalue weighted by Crippen LogP contribution is 2.13. The predicted molar refractivity (Wildman–Crippen MR) is 123 cm³/mol. The van der Waals surface area contributed by atoms with Crippen LogP contribution in [0.25, 0.3) is 0 Å². The number of hydrogen-bond acceptors (Lipinski definition) is 6. The Hall–Kier alpha value is 0.540. The second-order valence-corrected chi connectivity index (χ2v) is 8.49. The Morgan fingerprint density at radius 2 is 0.846 bits per heavy atom. The average Bonchev–Trinajstić information content (AvgIpc) is 2.60. The zero-order chi connectivity index (χ0) is 17.9. The van der Waals surface area contributed by atoms with Crippen molar-refractivity contribution in [1.29, 1.82) is 0 Å². The summed E-state index contributed by atoms with van der Waals surface area (Å²) in [4.78, 5) is 22.1. The molecule has 0 heterocycles. The zero-order valence-electron chi connectivity index (χ0n) is 15.9. The van der Waals surface area contributed by atoms with Crippen molar-refractivity contribution in [3.05, 3.63) is 0 Å². The molecule has 0 aliphatic carbocycles. The van der Waals surface area contributed by atoms with E-state index in [4.69, 9.17) is 11.5 Å². The number of unbranched alkanes of at least 4 members (excludes halogenated alkanes) is 7. The average molecular weight is 450 g/mol. The van der Waals surface area contributed by atoms with Crippen LogP contribution in [-0.4, -0.2) is 47.7 Å². The van der Waals surface area contributed by atoms with Crippen LogP contribution in [0.4, 0.5) is 0 Å². The van der Waals surface area contributed by atoms with Crippen LogP contribution in [0, 0.1) is 0 Å². The fourth-order valence-electron chi connectivity index (χ4n) is 2.25. The van der Waals surface area contributed by atoms with Gasteiger partial charge in [0.05, 0.1) is 13.1 Å². The molecule has 8 heteroatoms. The van der Waals surface area contributed by atoms with Crippen molar-refractivity contribution in [3.63, 3.8) is 0 Å². The normalized spacial score (nSPS) is 10.1. The molecule has 0 radical (unpaired) electrons. The second kappa shape index (κ2) is 25.5. The standard InChI is InChI=1S/C18H36N2O2S2.2ClH/c19-15-17(21)9-13-23-11-7-5-3-1-2-4-6-8-12-24-14-10-18(22)16-20;;/h1-16,19-20H2;2*1H. The summed E-state index contributed by atoms with van der Waals surface area (Å²) < 4.78 is 0. The highest BCUT2D eigenvalue weighted by atomic mass is 35.5. The topological polar surface area (TPSA) is 86.2 Å². The first kappa shape index (κ1) is 31.2. The lowest BCUT2D eigenvalue weighted by molar-refractivity contribution is -0.118. The van der Waals surface area contributed by atoms with Gasteiger partial charge in [-0.3, -0.25) is 9.59 Å². The molecule has 0 saturated heterocycles. The van der Waals surface area contributed by atoms with Crippen LogP contribution >= 0.6 is 48.3 Å². The number of Topliss-reactive ketones (excluding diaryl/α,β-unsaturated/α-hetero) is 2. The number of ketones is 2. The summed E-state index contributed by atoms with van der Waals surface area (Å²) >= 11 is 3.75. The minimum atomic E-state index is 0. The van der Waals surface area contributed by atoms with E-state index in [1.165, 1.54) is 62.9 Å². The second-order valence-electron chi connectivity index (χ2n) is 6.04. The first-order valence-corrected chi connectivity index (χ1v) is 11.6. The van der Waals surface area contributed by atoms with Crippen LogP contribution in [0.2, 0.25) is 0 Å². The van der Waals surface area contributed by atoms with Crippen molar-refractivity contribution in [1.82, 2.24) is 0 Å². The van der Waals surface area contributed by atoms with Crippen molar-refractivity contribution in [2.24, 2.45) is 11.5 Å². The van der Waals surface area contributed by atoms with Crippen LogP contribution in [0.15, 0.2) is 0 Å². The van der Waals surface area contributed by atoms with Gasteiger partial charge in [0.15, 0.2) is 0 Å². The zero-order valence-corrected chi connectivity index (χ0v) is 19.2. The number of hydrogen-bond donors (Lipinski definition) is 2. The van der Waals surface area contributed by atoms with E-state index >= 15 is 0 Å². The molecule has 0 aliphatic heterocycles. The first-order chi connectivity index (χ1) is 11.7. The predicted octanol–water partition coefficient (Wildman–Crippen LogP) is 4.25. The molecule has 0 spiro atoms. The van der Waals surface area contributed by atoms with Crippen LogP contribution in [0.5, 0.6) is 0 Å². The van der Waals surface area contributed by atoms with Crippen LogP contribution in [0.1, 0.15) is 64.2 Å². The minimum Gasteiger partial charge on any atom is -0.324 e. The van der Waals surface area contributed by atoms with Crippen LogP contribution in [0.3, 0.4) is 0 Å². The van der Waals surface area contributed by atoms with Crippen molar-refractivity contribution in [3.8, 4) is 0 Å². The van der Waals surface area contributed by atoms with E-state index < -0.39 is 0 Å². The maximum atomic E-state index is 11.0. The van der Waals surface area contributed by atoms with E-state index in [2.05, 4.69) is 0 Å². The van der Waals surface area contributed by atoms with Gasteiger partial charge in [0.1, 0.15) is 11.6 Å². The van der Waals surface area contributed by atoms with E-state index in [1.54, 1.807) is 0 Å². The fourth-order valence-corrected chi connectivity index (χ4v) is 4.22. The van der Waals surface area contributed by atoms with E-state index in [9.17, 15) is 9.59 Å². The molecule has 0 aromatic heterocycles. The summed E-state index contributed by atoms with van der Waals surface area (Å²) in [7, 11) is 0. The first-order valence-electron chi connectivity index (χ1n) is 9.29. The number of carbonyl (C=O) groups is 2. The maximum absolute atomic E-state index is 11.0. The molecule has 0 rings (SSSR count). The Kier molecular flexibility index (Phi) is 30.7. The molecule has 0 saturated carbocycles. The van der Waals surface area contributed by atoms with Gasteiger partial charge in [-0.05, 0) is 24.3 Å². The summed E-state index contributed by atoms with van der Waals surface area (Å²) in [6.07, 6.45) is 11.7. The van der Waals surface area contributed by atoms with Gasteiger partial charge in [-0.25, -0.2) is 0 Å². The molecule has 4 N–H and O–H groups in total. The Morgan fingerprint density at radius 3 is 1.15 bits per heavy atom. The molecular weight excluding hydrogens is 411 g/mol. The number of rotatable bonds is 19. The van der Waals surface area contributed by atoms with Crippen molar-refractivity contribution >= 4 is 59.9 Å². The number of nitrogens with two attached hydrogens (primary N) is 2. The Morgan fingerprint density at radius 1 is 0.538 bits per heavy atom. The van der Waals surface area contributed by atoms with Crippen molar-refractivity contribution in [2.75, 3.05) is 36.1 Å². The summed E-state index contributed by atoms with van der Waals surface area (Å²) in [6.45, 7) is 0.375. The largest absolute Gasteiger partial charge is 0.324 e. The SMILES string of the molecule is Cl.Cl.NCC(=O)CCSCCCCCCCCCCSCCC(=O)CN. The lowest BCUT2D eigenvalue weighted by Gasteiger charge is -2.03. The van der Waals surface area contributed by atoms with E-state index in [-0.39, 0.29) is 49.5 Å². The molecule has 0 fully saturated rings. The molecule has 0 unspecified atom stereocenters. The smallest absolute Gasteiger partial charge is 0.147 e. The third-order valence-corrected chi connectivity index (χ3v) is 5.97. The van der Waals surface area contributed by atoms with Crippen LogP contribution < -0.4 is 11.5 Å². The van der Waals surface area contributed by atoms with Crippen LogP contribution in [-0.2, 0) is 9.59 Å². The molecule has 0 amide bonds. The molecule has 0 aromatic carbocycles. The number of thioether (sulfide) groups is 2. The third kappa shape index (κ3) is 24.5. The van der Waals surface area contributed by atoms with Crippen molar-refractivity contribution in [2.45, 2.75) is 64.2 Å². The molecule has 0 atom stereocenters. The summed E-state index contributed by atoms with van der Waals surface area (Å²) in [5, 5.41) is 0. The molecule has 4 nitrogen and oxygen atoms in total. The Bertz CT molecular complexity index is 296. The van der Waals surface area contributed by atoms with Gasteiger partial charge in [0.25, 0.3) is 0 Å². The molecule has 0 aliphatic rings. The van der Waals surface area contributed by atoms with Gasteiger partial charge in [0.2, 0.25) is 0 Å². The number of carbonyl (C=O) groups excluding carboxylic acids is 2. The van der Waals surface area contributed by atoms with Gasteiger partial charge in [-0.15, -0.1) is 24.8 Å². The van der Waals surface area contributed by atoms with Gasteiger partial charge < -0.3 is 11.5 Å². The molecule has 0 aromatic rings. The lowest BCUT2D eigenvalue weighted by Crippen LogP contribution is -2.13. The minimum absolute atomic E-state index is 0. The maximum Gasteiger partial charge on any atom is 0.147 e. The summed E-state index contributed by atoms with van der Waals surface area (Å²) in [6, 6.07) is 0. The van der Waals surface area contributed by atoms with Gasteiger partial charge in [-0.1, -0.05) is 38.5 Å². The van der Waals surface area contributed by atoms with Gasteiger partial charge in [0, 0.05) is 24.3 Å². The molecule has 158 valence electrons. The summed E-state index contributed by atoms with van der Waals surface area (Å²) in [5.74, 6) is 4.53. The summed E-state index contributed by atoms with van der Waals surface area (Å²) in [5.41, 5.74) is 10.5. The third-order valence-electron chi connectivity index (χ3n) is 3.83. The number of halogens is 2. The van der Waals surface area contributed by atoms with E-state index in [0.717, 1.165) is 11.5 Å².